The summed E-state index contributed by atoms with van der Waals surface area (Å²) in [5, 5.41) is 22.6. The topological polar surface area (TPSA) is 121 Å². The maximum atomic E-state index is 13.2. The van der Waals surface area contributed by atoms with E-state index in [4.69, 9.17) is 0 Å². The minimum absolute atomic E-state index is 0.0113. The molecule has 2 aromatic rings. The van der Waals surface area contributed by atoms with E-state index in [1.54, 1.807) is 0 Å². The summed E-state index contributed by atoms with van der Waals surface area (Å²) in [7, 11) is 0.291. The van der Waals surface area contributed by atoms with Gasteiger partial charge in [-0.1, -0.05) is 50.4 Å². The molecule has 166 valence electrons. The lowest BCUT2D eigenvalue weighted by atomic mass is 9.58. The van der Waals surface area contributed by atoms with Crippen molar-refractivity contribution in [2.24, 2.45) is 0 Å². The van der Waals surface area contributed by atoms with Crippen molar-refractivity contribution in [1.82, 2.24) is 5.32 Å². The molecule has 7 nitrogen and oxygen atoms in total. The van der Waals surface area contributed by atoms with Gasteiger partial charge in [0.15, 0.2) is 0 Å². The van der Waals surface area contributed by atoms with Crippen LogP contribution in [0.1, 0.15) is 92.8 Å². The van der Waals surface area contributed by atoms with Gasteiger partial charge in [0.1, 0.15) is 5.68 Å². The Hall–Kier alpha value is -3.16. The minimum atomic E-state index is -1.28. The smallest absolute Gasteiger partial charge is 0.336 e. The van der Waals surface area contributed by atoms with Crippen molar-refractivity contribution in [2.75, 3.05) is 0 Å². The van der Waals surface area contributed by atoms with E-state index in [1.165, 1.54) is 24.3 Å². The molecule has 0 bridgehead atoms. The molecular formula is C24H26BNO6. The molecule has 0 saturated heterocycles. The molecule has 2 saturated carbocycles. The van der Waals surface area contributed by atoms with Gasteiger partial charge in [-0.15, -0.1) is 0 Å². The van der Waals surface area contributed by atoms with Crippen LogP contribution in [0.4, 0.5) is 0 Å². The van der Waals surface area contributed by atoms with Gasteiger partial charge in [0.2, 0.25) is 7.28 Å². The zero-order chi connectivity index (χ0) is 22.8. The predicted octanol–water partition coefficient (Wildman–Crippen LogP) is 3.85. The van der Waals surface area contributed by atoms with Crippen LogP contribution in [0.25, 0.3) is 10.8 Å². The molecule has 1 amide bonds. The lowest BCUT2D eigenvalue weighted by molar-refractivity contribution is 0.0686. The van der Waals surface area contributed by atoms with Crippen molar-refractivity contribution in [3.8, 4) is 0 Å². The number of carbonyl (C=O) groups excluding carboxylic acids is 2. The number of carboxylic acids is 2. The van der Waals surface area contributed by atoms with E-state index in [-0.39, 0.29) is 50.6 Å². The van der Waals surface area contributed by atoms with Crippen molar-refractivity contribution in [2.45, 2.75) is 63.2 Å². The van der Waals surface area contributed by atoms with Crippen molar-refractivity contribution in [1.29, 1.82) is 0 Å². The maximum absolute atomic E-state index is 13.2. The second kappa shape index (κ2) is 9.14. The zero-order valence-corrected chi connectivity index (χ0v) is 17.9. The Bertz CT molecular complexity index is 1010. The summed E-state index contributed by atoms with van der Waals surface area (Å²) in [6.07, 6.45) is 7.80. The van der Waals surface area contributed by atoms with Crippen molar-refractivity contribution in [3.63, 3.8) is 0 Å². The molecule has 2 aromatic carbocycles. The van der Waals surface area contributed by atoms with Gasteiger partial charge in [-0.05, 0) is 31.0 Å². The van der Waals surface area contributed by atoms with Crippen LogP contribution in [0.15, 0.2) is 24.3 Å². The summed E-state index contributed by atoms with van der Waals surface area (Å²) in [5.41, 5.74) is -0.309. The van der Waals surface area contributed by atoms with E-state index in [1.807, 2.05) is 0 Å². The van der Waals surface area contributed by atoms with Crippen LogP contribution in [0.5, 0.6) is 0 Å². The second-order valence-corrected chi connectivity index (χ2v) is 8.91. The van der Waals surface area contributed by atoms with Crippen LogP contribution in [0.2, 0.25) is 5.82 Å². The van der Waals surface area contributed by atoms with Gasteiger partial charge in [0.05, 0.1) is 11.1 Å². The summed E-state index contributed by atoms with van der Waals surface area (Å²) < 4.78 is 0. The molecule has 0 atom stereocenters. The number of hydrogen-bond donors (Lipinski definition) is 3. The van der Waals surface area contributed by atoms with Crippen molar-refractivity contribution < 1.29 is 29.4 Å². The molecule has 2 fully saturated rings. The Morgan fingerprint density at radius 1 is 0.719 bits per heavy atom. The van der Waals surface area contributed by atoms with Gasteiger partial charge in [-0.2, -0.15) is 0 Å². The Morgan fingerprint density at radius 3 is 1.75 bits per heavy atom. The maximum Gasteiger partial charge on any atom is 0.336 e. The molecule has 32 heavy (non-hydrogen) atoms. The fourth-order valence-corrected chi connectivity index (χ4v) is 5.19. The average Bonchev–Trinajstić information content (AvgIpc) is 3.46. The molecule has 0 spiro atoms. The standard InChI is InChI=1S/C24H26BNO6/c27-21(25-13-5-1-2-6-13)15-9-11-18(24(31)32)20-16(10-12-17(19(15)20)23(29)30)22(28)26-14-7-3-4-8-14/h9-14,25H,1-8H2,(H,26,28)(H,29,30)(H,31,32). The minimum Gasteiger partial charge on any atom is -0.478 e. The number of fused-ring (bicyclic) bond motifs is 1. The molecule has 3 N–H and O–H groups in total. The van der Waals surface area contributed by atoms with Crippen LogP contribution in [-0.2, 0) is 0 Å². The van der Waals surface area contributed by atoms with Gasteiger partial charge in [0.25, 0.3) is 5.91 Å². The first-order valence-corrected chi connectivity index (χ1v) is 11.3. The molecule has 0 unspecified atom stereocenters. The highest BCUT2D eigenvalue weighted by atomic mass is 16.4. The van der Waals surface area contributed by atoms with Gasteiger partial charge >= 0.3 is 11.9 Å². The third-order valence-electron chi connectivity index (χ3n) is 6.81. The number of aromatic carboxylic acids is 2. The Kier molecular flexibility index (Phi) is 6.30. The quantitative estimate of drug-likeness (QED) is 0.569. The molecular weight excluding hydrogens is 409 g/mol. The van der Waals surface area contributed by atoms with E-state index in [9.17, 15) is 29.4 Å². The summed E-state index contributed by atoms with van der Waals surface area (Å²) >= 11 is 0. The average molecular weight is 435 g/mol. The highest BCUT2D eigenvalue weighted by Crippen LogP contribution is 2.34. The number of hydrogen-bond acceptors (Lipinski definition) is 4. The number of carbonyl (C=O) groups is 4. The number of rotatable bonds is 7. The van der Waals surface area contributed by atoms with Crippen LogP contribution >= 0.6 is 0 Å². The largest absolute Gasteiger partial charge is 0.478 e. The number of nitrogens with one attached hydrogen (secondary N) is 1. The summed E-state index contributed by atoms with van der Waals surface area (Å²) in [6.45, 7) is 0. The fourth-order valence-electron chi connectivity index (χ4n) is 5.19. The molecule has 8 heteroatoms. The SMILES string of the molecule is O=C(O)c1ccc(C(=O)NC2CCCC2)c2c(C(=O)O)ccc(C(=O)BC3CCCC3)c12. The normalized spacial score (nSPS) is 16.9. The molecule has 2 aliphatic rings. The number of benzene rings is 2. The summed E-state index contributed by atoms with van der Waals surface area (Å²) in [4.78, 5) is 50.3. The number of amides is 1. The number of carboxylic acid groups (broad SMARTS) is 2. The van der Waals surface area contributed by atoms with Gasteiger partial charge in [0, 0.05) is 27.9 Å². The van der Waals surface area contributed by atoms with Gasteiger partial charge in [-0.3, -0.25) is 4.79 Å². The first-order chi connectivity index (χ1) is 15.4. The predicted molar refractivity (Wildman–Crippen MR) is 121 cm³/mol. The van der Waals surface area contributed by atoms with Crippen molar-refractivity contribution >= 4 is 41.6 Å². The van der Waals surface area contributed by atoms with E-state index in [0.717, 1.165) is 51.4 Å². The Morgan fingerprint density at radius 2 is 1.19 bits per heavy atom. The Balaban J connectivity index is 1.88. The Labute approximate surface area is 186 Å². The molecule has 0 heterocycles. The van der Waals surface area contributed by atoms with E-state index in [0.29, 0.717) is 7.28 Å². The van der Waals surface area contributed by atoms with E-state index in [2.05, 4.69) is 5.32 Å². The fraction of sp³-hybridized carbons (Fsp3) is 0.417. The zero-order valence-electron chi connectivity index (χ0n) is 17.9. The summed E-state index contributed by atoms with van der Waals surface area (Å²) in [6, 6.07) is 5.37. The molecule has 4 rings (SSSR count). The van der Waals surface area contributed by atoms with E-state index < -0.39 is 17.8 Å². The van der Waals surface area contributed by atoms with Crippen LogP contribution < -0.4 is 5.32 Å². The lowest BCUT2D eigenvalue weighted by Gasteiger charge is -2.17. The van der Waals surface area contributed by atoms with Gasteiger partial charge < -0.3 is 20.3 Å². The lowest BCUT2D eigenvalue weighted by Crippen LogP contribution is -2.33. The summed E-state index contributed by atoms with van der Waals surface area (Å²) in [5.74, 6) is -2.74. The third-order valence-corrected chi connectivity index (χ3v) is 6.81. The van der Waals surface area contributed by atoms with Crippen molar-refractivity contribution in [3.05, 3.63) is 46.5 Å². The molecule has 0 aliphatic heterocycles. The second-order valence-electron chi connectivity index (χ2n) is 8.91. The first-order valence-electron chi connectivity index (χ1n) is 11.3. The monoisotopic (exact) mass is 435 g/mol. The highest BCUT2D eigenvalue weighted by Gasteiger charge is 2.28. The van der Waals surface area contributed by atoms with E-state index >= 15 is 0 Å². The molecule has 2 aliphatic carbocycles. The highest BCUT2D eigenvalue weighted by molar-refractivity contribution is 6.79. The third kappa shape index (κ3) is 4.26. The molecule has 0 aromatic heterocycles. The van der Waals surface area contributed by atoms with Crippen LogP contribution in [-0.4, -0.2) is 47.1 Å². The first kappa shape index (κ1) is 22.1. The van der Waals surface area contributed by atoms with Gasteiger partial charge in [-0.25, -0.2) is 9.59 Å². The van der Waals surface area contributed by atoms with Crippen LogP contribution in [0, 0.1) is 0 Å². The molecule has 0 radical (unpaired) electrons. The van der Waals surface area contributed by atoms with Crippen LogP contribution in [0.3, 0.4) is 0 Å².